The van der Waals surface area contributed by atoms with E-state index in [9.17, 15) is 8.42 Å². The van der Waals surface area contributed by atoms with Crippen LogP contribution in [0.3, 0.4) is 0 Å². The Kier molecular flexibility index (Phi) is 1.24. The molecular formula is C9H9NO2S. The molecule has 68 valence electrons. The molecule has 0 aromatic heterocycles. The maximum atomic E-state index is 11.8. The Bertz CT molecular complexity index is 466. The Labute approximate surface area is 77.0 Å². The molecule has 3 rings (SSSR count). The minimum Gasteiger partial charge on any atom is -0.207 e. The summed E-state index contributed by atoms with van der Waals surface area (Å²) in [6.45, 7) is 0.705. The lowest BCUT2D eigenvalue weighted by Crippen LogP contribution is -2.22. The molecular weight excluding hydrogens is 186 g/mol. The molecule has 1 fully saturated rings. The first-order valence-corrected chi connectivity index (χ1v) is 5.73. The van der Waals surface area contributed by atoms with Gasteiger partial charge >= 0.3 is 0 Å². The van der Waals surface area contributed by atoms with Crippen molar-refractivity contribution in [2.24, 2.45) is 0 Å². The lowest BCUT2D eigenvalue weighted by molar-refractivity contribution is 0.541. The van der Waals surface area contributed by atoms with Crippen molar-refractivity contribution < 1.29 is 8.42 Å². The lowest BCUT2D eigenvalue weighted by Gasteiger charge is -2.15. The Morgan fingerprint density at radius 2 is 2.08 bits per heavy atom. The lowest BCUT2D eigenvalue weighted by atomic mass is 10.1. The molecule has 2 aliphatic heterocycles. The zero-order valence-electron chi connectivity index (χ0n) is 6.97. The second-order valence-electron chi connectivity index (χ2n) is 3.54. The van der Waals surface area contributed by atoms with Gasteiger partial charge in [-0.3, -0.25) is 0 Å². The maximum absolute atomic E-state index is 11.8. The standard InChI is InChI=1S/C9H9NO2S/c11-13(12)9-4-2-1-3-7(9)5-8-6-10(8)13/h1-4,8H,5-6H2. The fraction of sp³-hybridized carbons (Fsp3) is 0.333. The monoisotopic (exact) mass is 195 g/mol. The van der Waals surface area contributed by atoms with E-state index >= 15 is 0 Å². The van der Waals surface area contributed by atoms with Gasteiger partial charge in [0.25, 0.3) is 0 Å². The van der Waals surface area contributed by atoms with E-state index in [1.54, 1.807) is 16.4 Å². The van der Waals surface area contributed by atoms with Gasteiger partial charge in [-0.2, -0.15) is 4.31 Å². The van der Waals surface area contributed by atoms with E-state index in [4.69, 9.17) is 0 Å². The molecule has 0 N–H and O–H groups in total. The Morgan fingerprint density at radius 1 is 1.31 bits per heavy atom. The van der Waals surface area contributed by atoms with E-state index in [0.717, 1.165) is 12.0 Å². The molecule has 0 amide bonds. The highest BCUT2D eigenvalue weighted by atomic mass is 32.2. The van der Waals surface area contributed by atoms with Crippen molar-refractivity contribution in [2.75, 3.05) is 6.54 Å². The quantitative estimate of drug-likeness (QED) is 0.569. The van der Waals surface area contributed by atoms with Crippen LogP contribution in [0.1, 0.15) is 5.56 Å². The molecule has 1 aromatic carbocycles. The number of benzene rings is 1. The Morgan fingerprint density at radius 3 is 2.92 bits per heavy atom. The summed E-state index contributed by atoms with van der Waals surface area (Å²) in [7, 11) is -3.11. The molecule has 1 aromatic rings. The number of sulfonamides is 1. The fourth-order valence-electron chi connectivity index (χ4n) is 1.93. The van der Waals surface area contributed by atoms with Crippen LogP contribution in [0, 0.1) is 0 Å². The predicted molar refractivity (Wildman–Crippen MR) is 47.8 cm³/mol. The largest absolute Gasteiger partial charge is 0.243 e. The smallest absolute Gasteiger partial charge is 0.207 e. The van der Waals surface area contributed by atoms with E-state index < -0.39 is 10.0 Å². The van der Waals surface area contributed by atoms with E-state index in [1.165, 1.54) is 0 Å². The summed E-state index contributed by atoms with van der Waals surface area (Å²) in [6.07, 6.45) is 0.884. The minimum absolute atomic E-state index is 0.250. The van der Waals surface area contributed by atoms with Crippen molar-refractivity contribution in [1.29, 1.82) is 0 Å². The second kappa shape index (κ2) is 2.13. The molecule has 0 bridgehead atoms. The van der Waals surface area contributed by atoms with Crippen molar-refractivity contribution in [2.45, 2.75) is 17.4 Å². The third kappa shape index (κ3) is 0.899. The molecule has 4 heteroatoms. The number of rotatable bonds is 0. The maximum Gasteiger partial charge on any atom is 0.243 e. The average Bonchev–Trinajstić information content (AvgIpc) is 2.85. The molecule has 0 saturated carbocycles. The highest BCUT2D eigenvalue weighted by molar-refractivity contribution is 7.89. The Hall–Kier alpha value is -0.870. The van der Waals surface area contributed by atoms with Gasteiger partial charge in [-0.15, -0.1) is 0 Å². The van der Waals surface area contributed by atoms with Gasteiger partial charge in [-0.25, -0.2) is 8.42 Å². The first kappa shape index (κ1) is 7.53. The number of hydrogen-bond donors (Lipinski definition) is 0. The molecule has 3 nitrogen and oxygen atoms in total. The van der Waals surface area contributed by atoms with Gasteiger partial charge in [0, 0.05) is 12.6 Å². The summed E-state index contributed by atoms with van der Waals surface area (Å²) in [6, 6.07) is 7.52. The van der Waals surface area contributed by atoms with Crippen molar-refractivity contribution in [3.63, 3.8) is 0 Å². The first-order chi connectivity index (χ1) is 6.19. The number of fused-ring (bicyclic) bond motifs is 2. The summed E-state index contributed by atoms with van der Waals surface area (Å²) < 4.78 is 25.1. The normalized spacial score (nSPS) is 33.2. The van der Waals surface area contributed by atoms with Crippen LogP contribution < -0.4 is 0 Å². The van der Waals surface area contributed by atoms with E-state index in [0.29, 0.717) is 11.4 Å². The van der Waals surface area contributed by atoms with Crippen LogP contribution in [0.2, 0.25) is 0 Å². The molecule has 0 aliphatic carbocycles. The number of nitrogens with zero attached hydrogens (tertiary/aromatic N) is 1. The minimum atomic E-state index is -3.11. The molecule has 0 radical (unpaired) electrons. The summed E-state index contributed by atoms with van der Waals surface area (Å²) in [5.41, 5.74) is 0.973. The van der Waals surface area contributed by atoms with E-state index in [-0.39, 0.29) is 6.04 Å². The van der Waals surface area contributed by atoms with Crippen LogP contribution in [0.5, 0.6) is 0 Å². The molecule has 2 heterocycles. The summed E-state index contributed by atoms with van der Waals surface area (Å²) in [4.78, 5) is 0.503. The van der Waals surface area contributed by atoms with Gasteiger partial charge in [-0.1, -0.05) is 18.2 Å². The van der Waals surface area contributed by atoms with Gasteiger partial charge in [0.2, 0.25) is 10.0 Å². The highest BCUT2D eigenvalue weighted by Crippen LogP contribution is 2.37. The first-order valence-electron chi connectivity index (χ1n) is 4.29. The van der Waals surface area contributed by atoms with Crippen LogP contribution in [-0.2, 0) is 16.4 Å². The van der Waals surface area contributed by atoms with Crippen LogP contribution >= 0.6 is 0 Å². The molecule has 2 atom stereocenters. The van der Waals surface area contributed by atoms with Gasteiger partial charge < -0.3 is 0 Å². The predicted octanol–water partition coefficient (Wildman–Crippen LogP) is 0.616. The summed E-state index contributed by atoms with van der Waals surface area (Å²) in [5.74, 6) is 0. The molecule has 2 aliphatic rings. The van der Waals surface area contributed by atoms with Crippen molar-refractivity contribution in [3.05, 3.63) is 29.8 Å². The SMILES string of the molecule is O=S1(=O)c2ccccc2CC2CN21. The van der Waals surface area contributed by atoms with Crippen LogP contribution in [0.4, 0.5) is 0 Å². The zero-order chi connectivity index (χ0) is 9.05. The van der Waals surface area contributed by atoms with E-state index in [1.807, 2.05) is 12.1 Å². The molecule has 0 spiro atoms. The van der Waals surface area contributed by atoms with Crippen LogP contribution in [-0.4, -0.2) is 25.3 Å². The van der Waals surface area contributed by atoms with Gasteiger partial charge in [0.1, 0.15) is 0 Å². The molecule has 2 unspecified atom stereocenters. The third-order valence-electron chi connectivity index (χ3n) is 2.68. The van der Waals surface area contributed by atoms with E-state index in [2.05, 4.69) is 0 Å². The van der Waals surface area contributed by atoms with Gasteiger partial charge in [0.05, 0.1) is 4.90 Å². The molecule has 13 heavy (non-hydrogen) atoms. The second-order valence-corrected chi connectivity index (χ2v) is 5.40. The average molecular weight is 195 g/mol. The van der Waals surface area contributed by atoms with Crippen molar-refractivity contribution >= 4 is 10.0 Å². The fourth-order valence-corrected chi connectivity index (χ4v) is 3.75. The Balaban J connectivity index is 2.30. The summed E-state index contributed by atoms with van der Waals surface area (Å²) >= 11 is 0. The van der Waals surface area contributed by atoms with Crippen molar-refractivity contribution in [1.82, 2.24) is 4.31 Å². The van der Waals surface area contributed by atoms with Crippen LogP contribution in [0.25, 0.3) is 0 Å². The van der Waals surface area contributed by atoms with Crippen molar-refractivity contribution in [3.8, 4) is 0 Å². The zero-order valence-corrected chi connectivity index (χ0v) is 7.79. The third-order valence-corrected chi connectivity index (χ3v) is 4.70. The highest BCUT2D eigenvalue weighted by Gasteiger charge is 2.48. The molecule has 1 saturated heterocycles. The van der Waals surface area contributed by atoms with Gasteiger partial charge in [0.15, 0.2) is 0 Å². The topological polar surface area (TPSA) is 37.1 Å². The van der Waals surface area contributed by atoms with Crippen LogP contribution in [0.15, 0.2) is 29.2 Å². The van der Waals surface area contributed by atoms with Gasteiger partial charge in [-0.05, 0) is 18.1 Å². The summed E-state index contributed by atoms with van der Waals surface area (Å²) in [5, 5.41) is 0. The number of hydrogen-bond acceptors (Lipinski definition) is 2.